The third-order valence-electron chi connectivity index (χ3n) is 3.84. The molecule has 0 saturated heterocycles. The lowest BCUT2D eigenvalue weighted by atomic mass is 10.1. The van der Waals surface area contributed by atoms with E-state index in [9.17, 15) is 28.1 Å². The number of nitro groups is 1. The van der Waals surface area contributed by atoms with Crippen LogP contribution in [0.4, 0.5) is 24.5 Å². The molecule has 0 heterocycles. The summed E-state index contributed by atoms with van der Waals surface area (Å²) in [5, 5.41) is 13.6. The van der Waals surface area contributed by atoms with Crippen LogP contribution >= 0.6 is 0 Å². The van der Waals surface area contributed by atoms with Crippen molar-refractivity contribution in [3.63, 3.8) is 0 Å². The summed E-state index contributed by atoms with van der Waals surface area (Å²) in [4.78, 5) is 21.1. The SMILES string of the molecule is COC(=O)[C@H]1CC[C@@H](Nc2ccc([N+](=O)[O-])c(C(F)(F)F)c2)C1. The molecule has 1 aliphatic rings. The molecular weight excluding hydrogens is 317 g/mol. The number of esters is 1. The monoisotopic (exact) mass is 332 g/mol. The molecule has 1 aliphatic carbocycles. The number of ether oxygens (including phenoxy) is 1. The Morgan fingerprint density at radius 1 is 1.39 bits per heavy atom. The molecular formula is C14H15F3N2O4. The molecule has 126 valence electrons. The first-order valence-electron chi connectivity index (χ1n) is 6.92. The molecule has 2 rings (SSSR count). The Hall–Kier alpha value is -2.32. The van der Waals surface area contributed by atoms with E-state index in [1.54, 1.807) is 0 Å². The number of nitro benzene ring substituents is 1. The second kappa shape index (κ2) is 6.43. The van der Waals surface area contributed by atoms with Crippen LogP contribution in [0.2, 0.25) is 0 Å². The van der Waals surface area contributed by atoms with Crippen LogP contribution in [-0.2, 0) is 15.7 Å². The van der Waals surface area contributed by atoms with E-state index in [1.807, 2.05) is 0 Å². The molecule has 2 atom stereocenters. The van der Waals surface area contributed by atoms with Crippen molar-refractivity contribution >= 4 is 17.3 Å². The highest BCUT2D eigenvalue weighted by Crippen LogP contribution is 2.38. The summed E-state index contributed by atoms with van der Waals surface area (Å²) in [7, 11) is 1.29. The van der Waals surface area contributed by atoms with Crippen molar-refractivity contribution in [3.8, 4) is 0 Å². The Bertz CT molecular complexity index is 619. The Morgan fingerprint density at radius 3 is 2.65 bits per heavy atom. The molecule has 9 heteroatoms. The van der Waals surface area contributed by atoms with Gasteiger partial charge in [-0.15, -0.1) is 0 Å². The van der Waals surface area contributed by atoms with Crippen LogP contribution in [0.3, 0.4) is 0 Å². The van der Waals surface area contributed by atoms with E-state index in [0.29, 0.717) is 19.3 Å². The summed E-state index contributed by atoms with van der Waals surface area (Å²) in [6.45, 7) is 0. The van der Waals surface area contributed by atoms with E-state index in [0.717, 1.165) is 12.1 Å². The lowest BCUT2D eigenvalue weighted by Gasteiger charge is -2.16. The molecule has 23 heavy (non-hydrogen) atoms. The number of benzene rings is 1. The van der Waals surface area contributed by atoms with Crippen LogP contribution in [0.1, 0.15) is 24.8 Å². The van der Waals surface area contributed by atoms with Gasteiger partial charge in [0.25, 0.3) is 5.69 Å². The lowest BCUT2D eigenvalue weighted by Crippen LogP contribution is -2.19. The van der Waals surface area contributed by atoms with Crippen LogP contribution < -0.4 is 5.32 Å². The highest BCUT2D eigenvalue weighted by Gasteiger charge is 2.39. The highest BCUT2D eigenvalue weighted by atomic mass is 19.4. The lowest BCUT2D eigenvalue weighted by molar-refractivity contribution is -0.388. The van der Waals surface area contributed by atoms with Crippen LogP contribution in [0.15, 0.2) is 18.2 Å². The van der Waals surface area contributed by atoms with Crippen LogP contribution in [0.25, 0.3) is 0 Å². The van der Waals surface area contributed by atoms with Gasteiger partial charge < -0.3 is 10.1 Å². The second-order valence-corrected chi connectivity index (χ2v) is 5.36. The maximum absolute atomic E-state index is 12.9. The largest absolute Gasteiger partial charge is 0.469 e. The minimum atomic E-state index is -4.82. The maximum Gasteiger partial charge on any atom is 0.423 e. The van der Waals surface area contributed by atoms with Gasteiger partial charge in [0.05, 0.1) is 18.0 Å². The van der Waals surface area contributed by atoms with Gasteiger partial charge in [-0.1, -0.05) is 0 Å². The summed E-state index contributed by atoms with van der Waals surface area (Å²) < 4.78 is 43.4. The molecule has 1 aromatic carbocycles. The zero-order valence-electron chi connectivity index (χ0n) is 12.2. The van der Waals surface area contributed by atoms with E-state index >= 15 is 0 Å². The van der Waals surface area contributed by atoms with Gasteiger partial charge in [0.2, 0.25) is 0 Å². The number of alkyl halides is 3. The number of hydrogen-bond donors (Lipinski definition) is 1. The van der Waals surface area contributed by atoms with E-state index in [4.69, 9.17) is 0 Å². The Balaban J connectivity index is 2.16. The number of nitrogens with zero attached hydrogens (tertiary/aromatic N) is 1. The van der Waals surface area contributed by atoms with Gasteiger partial charge in [-0.2, -0.15) is 13.2 Å². The van der Waals surface area contributed by atoms with Crippen molar-refractivity contribution in [2.45, 2.75) is 31.5 Å². The van der Waals surface area contributed by atoms with Gasteiger partial charge in [0.15, 0.2) is 0 Å². The van der Waals surface area contributed by atoms with Crippen molar-refractivity contribution < 1.29 is 27.6 Å². The smallest absolute Gasteiger partial charge is 0.423 e. The molecule has 0 amide bonds. The molecule has 1 fully saturated rings. The molecule has 1 aromatic rings. The van der Waals surface area contributed by atoms with Gasteiger partial charge in [-0.25, -0.2) is 0 Å². The second-order valence-electron chi connectivity index (χ2n) is 5.36. The standard InChI is InChI=1S/C14H15F3N2O4/c1-23-13(20)8-2-3-9(6-8)18-10-4-5-12(19(21)22)11(7-10)14(15,16)17/h4-5,7-9,18H,2-3,6H2,1H3/t8-,9+/m0/s1. The number of carbonyl (C=O) groups is 1. The molecule has 6 nitrogen and oxygen atoms in total. The minimum absolute atomic E-state index is 0.137. The molecule has 1 N–H and O–H groups in total. The molecule has 1 saturated carbocycles. The maximum atomic E-state index is 12.9. The summed E-state index contributed by atoms with van der Waals surface area (Å²) in [6.07, 6.45) is -3.17. The highest BCUT2D eigenvalue weighted by molar-refractivity contribution is 5.72. The molecule has 0 spiro atoms. The zero-order chi connectivity index (χ0) is 17.2. The topological polar surface area (TPSA) is 81.5 Å². The number of nitrogens with one attached hydrogen (secondary N) is 1. The van der Waals surface area contributed by atoms with Gasteiger partial charge in [0.1, 0.15) is 5.56 Å². The molecule has 0 radical (unpaired) electrons. The quantitative estimate of drug-likeness (QED) is 0.519. The Labute approximate surface area is 129 Å². The number of carbonyl (C=O) groups excluding carboxylic acids is 1. The van der Waals surface area contributed by atoms with E-state index in [2.05, 4.69) is 10.1 Å². The van der Waals surface area contributed by atoms with Crippen LogP contribution in [0, 0.1) is 16.0 Å². The molecule has 0 aromatic heterocycles. The van der Waals surface area contributed by atoms with Crippen molar-refractivity contribution in [2.75, 3.05) is 12.4 Å². The predicted molar refractivity (Wildman–Crippen MR) is 74.9 cm³/mol. The van der Waals surface area contributed by atoms with Crippen molar-refractivity contribution in [1.82, 2.24) is 0 Å². The zero-order valence-corrected chi connectivity index (χ0v) is 12.2. The number of halogens is 3. The van der Waals surface area contributed by atoms with Crippen molar-refractivity contribution in [3.05, 3.63) is 33.9 Å². The van der Waals surface area contributed by atoms with Gasteiger partial charge in [-0.05, 0) is 31.4 Å². The van der Waals surface area contributed by atoms with Crippen LogP contribution in [0.5, 0.6) is 0 Å². The van der Waals surface area contributed by atoms with E-state index < -0.39 is 22.4 Å². The first-order valence-corrected chi connectivity index (χ1v) is 6.92. The van der Waals surface area contributed by atoms with Crippen molar-refractivity contribution in [1.29, 1.82) is 0 Å². The number of methoxy groups -OCH3 is 1. The number of hydrogen-bond acceptors (Lipinski definition) is 5. The van der Waals surface area contributed by atoms with Crippen LogP contribution in [-0.4, -0.2) is 24.0 Å². The summed E-state index contributed by atoms with van der Waals surface area (Å²) >= 11 is 0. The fourth-order valence-corrected chi connectivity index (χ4v) is 2.74. The molecule has 0 unspecified atom stereocenters. The number of anilines is 1. The molecule has 0 bridgehead atoms. The average molecular weight is 332 g/mol. The summed E-state index contributed by atoms with van der Waals surface area (Å²) in [5.41, 5.74) is -2.14. The third kappa shape index (κ3) is 3.91. The van der Waals surface area contributed by atoms with E-state index in [1.165, 1.54) is 13.2 Å². The predicted octanol–water partition coefficient (Wildman–Crippen LogP) is 3.37. The third-order valence-corrected chi connectivity index (χ3v) is 3.84. The fourth-order valence-electron chi connectivity index (χ4n) is 2.74. The van der Waals surface area contributed by atoms with Gasteiger partial charge in [0, 0.05) is 17.8 Å². The fraction of sp³-hybridized carbons (Fsp3) is 0.500. The first-order chi connectivity index (χ1) is 10.7. The molecule has 0 aliphatic heterocycles. The van der Waals surface area contributed by atoms with E-state index in [-0.39, 0.29) is 23.6 Å². The Morgan fingerprint density at radius 2 is 2.09 bits per heavy atom. The van der Waals surface area contributed by atoms with Gasteiger partial charge >= 0.3 is 12.1 Å². The summed E-state index contributed by atoms with van der Waals surface area (Å²) in [5.74, 6) is -0.619. The Kier molecular flexibility index (Phi) is 4.76. The normalized spacial score (nSPS) is 21.0. The average Bonchev–Trinajstić information content (AvgIpc) is 2.93. The summed E-state index contributed by atoms with van der Waals surface area (Å²) in [6, 6.07) is 2.61. The minimum Gasteiger partial charge on any atom is -0.469 e. The van der Waals surface area contributed by atoms with Gasteiger partial charge in [-0.3, -0.25) is 14.9 Å². The van der Waals surface area contributed by atoms with Crippen molar-refractivity contribution in [2.24, 2.45) is 5.92 Å². The first kappa shape index (κ1) is 17.0. The number of rotatable bonds is 4.